The molecule has 1 atom stereocenters. The van der Waals surface area contributed by atoms with Gasteiger partial charge in [0.1, 0.15) is 5.69 Å². The summed E-state index contributed by atoms with van der Waals surface area (Å²) in [6.45, 7) is 0.574. The summed E-state index contributed by atoms with van der Waals surface area (Å²) in [4.78, 5) is 4.03. The third-order valence-electron chi connectivity index (χ3n) is 3.14. The fraction of sp³-hybridized carbons (Fsp3) is 0.154. The van der Waals surface area contributed by atoms with Crippen LogP contribution < -0.4 is 4.65 Å². The highest BCUT2D eigenvalue weighted by Gasteiger charge is 2.32. The predicted molar refractivity (Wildman–Crippen MR) is 64.1 cm³/mol. The van der Waals surface area contributed by atoms with Gasteiger partial charge in [-0.25, -0.2) is 0 Å². The Balaban J connectivity index is 2.15. The molecular formula is C13H12N2O. The van der Waals surface area contributed by atoms with Crippen LogP contribution in [0.1, 0.15) is 5.56 Å². The first kappa shape index (κ1) is 9.51. The third kappa shape index (κ3) is 1.26. The lowest BCUT2D eigenvalue weighted by molar-refractivity contribution is 0.545. The molecule has 0 saturated carbocycles. The number of benzene rings is 1. The molecule has 16 heavy (non-hydrogen) atoms. The number of fused-ring (bicyclic) bond motifs is 1. The van der Waals surface area contributed by atoms with E-state index in [1.54, 1.807) is 12.4 Å². The van der Waals surface area contributed by atoms with Gasteiger partial charge in [-0.05, 0) is 6.07 Å². The number of hydrogen-bond acceptors (Lipinski definition) is 2. The van der Waals surface area contributed by atoms with Crippen molar-refractivity contribution in [2.75, 3.05) is 6.54 Å². The Morgan fingerprint density at radius 2 is 2.00 bits per heavy atom. The van der Waals surface area contributed by atoms with Gasteiger partial charge in [0, 0.05) is 30.3 Å². The van der Waals surface area contributed by atoms with Crippen molar-refractivity contribution in [2.45, 2.75) is 6.42 Å². The fourth-order valence-corrected chi connectivity index (χ4v) is 2.31. The predicted octanol–water partition coefficient (Wildman–Crippen LogP) is 2.77. The van der Waals surface area contributed by atoms with Crippen LogP contribution in [0.4, 0.5) is 11.4 Å². The van der Waals surface area contributed by atoms with Crippen molar-refractivity contribution in [2.24, 2.45) is 0 Å². The summed E-state index contributed by atoms with van der Waals surface area (Å²) >= 11 is 0. The van der Waals surface area contributed by atoms with Crippen molar-refractivity contribution in [1.29, 1.82) is 0 Å². The van der Waals surface area contributed by atoms with Crippen LogP contribution >= 0.6 is 0 Å². The van der Waals surface area contributed by atoms with Crippen LogP contribution in [0.5, 0.6) is 0 Å². The van der Waals surface area contributed by atoms with E-state index in [0.717, 1.165) is 17.7 Å². The molecule has 1 aromatic heterocycles. The van der Waals surface area contributed by atoms with E-state index in [0.29, 0.717) is 12.2 Å². The molecule has 0 bridgehead atoms. The van der Waals surface area contributed by atoms with Crippen LogP contribution in [0, 0.1) is 5.21 Å². The van der Waals surface area contributed by atoms with Crippen molar-refractivity contribution >= 4 is 11.4 Å². The summed E-state index contributed by atoms with van der Waals surface area (Å²) in [5.74, 6) is 0. The van der Waals surface area contributed by atoms with Gasteiger partial charge in [0.25, 0.3) is 0 Å². The summed E-state index contributed by atoms with van der Waals surface area (Å²) in [5, 5.41) is 12.8. The number of para-hydroxylation sites is 1. The minimum atomic E-state index is -0.371. The molecule has 1 unspecified atom stereocenters. The number of aromatic nitrogens is 1. The largest absolute Gasteiger partial charge is 0.622 e. The second kappa shape index (κ2) is 3.40. The van der Waals surface area contributed by atoms with E-state index in [1.165, 1.54) is 0 Å². The topological polar surface area (TPSA) is 36.0 Å². The standard InChI is InChI=1S/C13H12N2O/c16-15(12-5-3-8-14-10-12)9-7-11-4-1-2-6-13(11)15/h1-6,8,10H,7,9H2. The van der Waals surface area contributed by atoms with Crippen LogP contribution in [0.3, 0.4) is 0 Å². The monoisotopic (exact) mass is 212 g/mol. The first-order valence-electron chi connectivity index (χ1n) is 5.39. The molecule has 0 N–H and O–H groups in total. The van der Waals surface area contributed by atoms with E-state index >= 15 is 0 Å². The van der Waals surface area contributed by atoms with Crippen molar-refractivity contribution in [3.05, 3.63) is 59.6 Å². The lowest BCUT2D eigenvalue weighted by atomic mass is 10.2. The molecule has 1 aromatic carbocycles. The second-order valence-corrected chi connectivity index (χ2v) is 4.05. The van der Waals surface area contributed by atoms with Gasteiger partial charge < -0.3 is 5.21 Å². The summed E-state index contributed by atoms with van der Waals surface area (Å²) in [7, 11) is 0. The Hall–Kier alpha value is -1.71. The van der Waals surface area contributed by atoms with Crippen molar-refractivity contribution in [3.63, 3.8) is 0 Å². The zero-order valence-electron chi connectivity index (χ0n) is 8.84. The minimum Gasteiger partial charge on any atom is -0.622 e. The lowest BCUT2D eigenvalue weighted by Gasteiger charge is -2.37. The molecule has 0 aliphatic carbocycles. The van der Waals surface area contributed by atoms with Gasteiger partial charge in [0.15, 0.2) is 5.69 Å². The number of quaternary nitrogens is 1. The molecule has 2 aromatic rings. The van der Waals surface area contributed by atoms with E-state index < -0.39 is 0 Å². The molecule has 2 heterocycles. The summed E-state index contributed by atoms with van der Waals surface area (Å²) in [5.41, 5.74) is 2.73. The maximum absolute atomic E-state index is 12.8. The second-order valence-electron chi connectivity index (χ2n) is 4.05. The number of pyridine rings is 1. The number of hydrogen-bond donors (Lipinski definition) is 0. The van der Waals surface area contributed by atoms with Crippen LogP contribution in [0.15, 0.2) is 48.8 Å². The van der Waals surface area contributed by atoms with Gasteiger partial charge >= 0.3 is 0 Å². The van der Waals surface area contributed by atoms with Gasteiger partial charge in [0.2, 0.25) is 0 Å². The van der Waals surface area contributed by atoms with Crippen LogP contribution in [0.25, 0.3) is 0 Å². The zero-order valence-corrected chi connectivity index (χ0v) is 8.84. The Bertz CT molecular complexity index is 512. The van der Waals surface area contributed by atoms with E-state index in [9.17, 15) is 5.21 Å². The van der Waals surface area contributed by atoms with E-state index in [4.69, 9.17) is 0 Å². The molecule has 0 amide bonds. The molecule has 3 heteroatoms. The Labute approximate surface area is 94.2 Å². The zero-order chi connectivity index (χ0) is 11.0. The lowest BCUT2D eigenvalue weighted by Crippen LogP contribution is -2.35. The number of rotatable bonds is 1. The van der Waals surface area contributed by atoms with Gasteiger partial charge in [-0.1, -0.05) is 18.2 Å². The Kier molecular flexibility index (Phi) is 2.02. The van der Waals surface area contributed by atoms with Gasteiger partial charge in [-0.15, -0.1) is 0 Å². The molecule has 1 aliphatic heterocycles. The average molecular weight is 212 g/mol. The molecule has 0 spiro atoms. The highest BCUT2D eigenvalue weighted by Crippen LogP contribution is 2.40. The molecule has 0 fully saturated rings. The smallest absolute Gasteiger partial charge is 0.156 e. The Morgan fingerprint density at radius 3 is 2.81 bits per heavy atom. The van der Waals surface area contributed by atoms with Gasteiger partial charge in [-0.3, -0.25) is 9.63 Å². The van der Waals surface area contributed by atoms with Crippen LogP contribution in [-0.2, 0) is 6.42 Å². The fourth-order valence-electron chi connectivity index (χ4n) is 2.31. The van der Waals surface area contributed by atoms with Crippen molar-refractivity contribution in [1.82, 2.24) is 9.63 Å². The van der Waals surface area contributed by atoms with Crippen LogP contribution in [-0.4, -0.2) is 11.5 Å². The summed E-state index contributed by atoms with van der Waals surface area (Å²) in [6, 6.07) is 11.5. The molecule has 1 aliphatic rings. The molecule has 0 radical (unpaired) electrons. The van der Waals surface area contributed by atoms with E-state index in [-0.39, 0.29) is 4.65 Å². The third-order valence-corrected chi connectivity index (χ3v) is 3.14. The van der Waals surface area contributed by atoms with Gasteiger partial charge in [0.05, 0.1) is 12.7 Å². The maximum Gasteiger partial charge on any atom is 0.156 e. The SMILES string of the molecule is [O-][N+]1(c2cccnc2)CCc2ccccc21. The minimum absolute atomic E-state index is 0.371. The first-order valence-corrected chi connectivity index (χ1v) is 5.39. The molecule has 0 saturated heterocycles. The van der Waals surface area contributed by atoms with E-state index in [1.807, 2.05) is 36.4 Å². The van der Waals surface area contributed by atoms with E-state index in [2.05, 4.69) is 4.98 Å². The first-order chi connectivity index (χ1) is 7.81. The summed E-state index contributed by atoms with van der Waals surface area (Å²) in [6.07, 6.45) is 4.20. The average Bonchev–Trinajstić information content (AvgIpc) is 2.71. The van der Waals surface area contributed by atoms with Gasteiger partial charge in [-0.2, -0.15) is 0 Å². The molecular weight excluding hydrogens is 200 g/mol. The molecule has 80 valence electrons. The Morgan fingerprint density at radius 1 is 1.12 bits per heavy atom. The maximum atomic E-state index is 12.8. The quantitative estimate of drug-likeness (QED) is 0.538. The normalized spacial score (nSPS) is 23.1. The molecule has 3 nitrogen and oxygen atoms in total. The van der Waals surface area contributed by atoms with Crippen molar-refractivity contribution in [3.8, 4) is 0 Å². The highest BCUT2D eigenvalue weighted by atomic mass is 16.5. The van der Waals surface area contributed by atoms with Crippen molar-refractivity contribution < 1.29 is 0 Å². The number of hydroxylamine groups is 1. The van der Waals surface area contributed by atoms with Crippen LogP contribution in [0.2, 0.25) is 0 Å². The highest BCUT2D eigenvalue weighted by molar-refractivity contribution is 5.65. The summed E-state index contributed by atoms with van der Waals surface area (Å²) < 4.78 is -0.371. The number of nitrogens with zero attached hydrogens (tertiary/aromatic N) is 2. The molecule has 3 rings (SSSR count).